The van der Waals surface area contributed by atoms with Gasteiger partial charge < -0.3 is 125 Å². The smallest absolute Gasteiger partial charge is 0.315 e. The number of carbonyl (C=O) groups is 2. The molecule has 2 aliphatic heterocycles. The average molecular weight is 1330 g/mol. The first kappa shape index (κ1) is 83.6. The number of azide groups is 1. The predicted octanol–water partition coefficient (Wildman–Crippen LogP) is 1.52. The number of rotatable bonds is 77. The summed E-state index contributed by atoms with van der Waals surface area (Å²) in [7, 11) is 0. The maximum Gasteiger partial charge on any atom is 0.315 e. The predicted molar refractivity (Wildman–Crippen MR) is 330 cm³/mol. The van der Waals surface area contributed by atoms with Gasteiger partial charge in [0.05, 0.1) is 316 Å². The molecule has 3 N–H and O–H groups in total. The second-order valence-corrected chi connectivity index (χ2v) is 20.5. The summed E-state index contributed by atoms with van der Waals surface area (Å²) >= 11 is 1.90. The van der Waals surface area contributed by atoms with Crippen molar-refractivity contribution in [3.8, 4) is 0 Å². The van der Waals surface area contributed by atoms with E-state index in [1.807, 2.05) is 11.8 Å². The van der Waals surface area contributed by atoms with Crippen molar-refractivity contribution in [2.75, 3.05) is 323 Å². The number of hydrogen-bond acceptors (Lipinski definition) is 27. The topological polar surface area (TPSA) is 331 Å². The highest BCUT2D eigenvalue weighted by Crippen LogP contribution is 2.33. The monoisotopic (exact) mass is 1320 g/mol. The number of nitrogens with zero attached hydrogens (tertiary/aromatic N) is 3. The van der Waals surface area contributed by atoms with Crippen LogP contribution >= 0.6 is 11.8 Å². The summed E-state index contributed by atoms with van der Waals surface area (Å²) in [5.41, 5.74) is 8.17. The number of thioether (sulfide) groups is 1. The van der Waals surface area contributed by atoms with Gasteiger partial charge in [0.25, 0.3) is 0 Å². The molecule has 0 aromatic rings. The van der Waals surface area contributed by atoms with Crippen molar-refractivity contribution < 1.29 is 119 Å². The van der Waals surface area contributed by atoms with Gasteiger partial charge in [0.15, 0.2) is 0 Å². The number of hydrogen-bond donors (Lipinski definition) is 3. The molecule has 0 aromatic heterocycles. The number of amides is 3. The molecular weight excluding hydrogens is 1210 g/mol. The molecule has 90 heavy (non-hydrogen) atoms. The SMILES string of the molecule is [N-]=[N+]=NCCOCCOCCOCCOCCOCCOCCOCCOCCOCCOCCOCCOCCOCCOCCOCCOCCOCCOCCOCCOCCOCCOCCOCCNC(=O)CCCC[C@@H]1SC[C@@H]2NC(=O)N[C@@H]21. The van der Waals surface area contributed by atoms with E-state index in [0.29, 0.717) is 329 Å². The fraction of sp³-hybridized carbons (Fsp3) is 0.966. The van der Waals surface area contributed by atoms with Crippen LogP contribution in [0.4, 0.5) is 4.79 Å². The number of nitrogens with one attached hydrogen (secondary N) is 3. The third-order valence-electron chi connectivity index (χ3n) is 12.2. The third-order valence-corrected chi connectivity index (χ3v) is 13.7. The van der Waals surface area contributed by atoms with Crippen molar-refractivity contribution in [1.29, 1.82) is 0 Å². The Morgan fingerprint density at radius 2 is 0.622 bits per heavy atom. The van der Waals surface area contributed by atoms with Crippen LogP contribution in [0.1, 0.15) is 25.7 Å². The van der Waals surface area contributed by atoms with Crippen molar-refractivity contribution in [1.82, 2.24) is 16.0 Å². The number of urea groups is 1. The second kappa shape index (κ2) is 70.8. The van der Waals surface area contributed by atoms with Crippen LogP contribution in [0.15, 0.2) is 5.11 Å². The lowest BCUT2D eigenvalue weighted by Gasteiger charge is -2.16. The van der Waals surface area contributed by atoms with Gasteiger partial charge in [-0.1, -0.05) is 11.5 Å². The van der Waals surface area contributed by atoms with Gasteiger partial charge in [-0.05, 0) is 18.4 Å². The first-order chi connectivity index (χ1) is 44.7. The van der Waals surface area contributed by atoms with Gasteiger partial charge in [0.1, 0.15) is 0 Å². The highest BCUT2D eigenvalue weighted by atomic mass is 32.2. The van der Waals surface area contributed by atoms with E-state index < -0.39 is 0 Å². The molecule has 530 valence electrons. The molecule has 0 radical (unpaired) electrons. The van der Waals surface area contributed by atoms with E-state index in [-0.39, 0.29) is 24.0 Å². The van der Waals surface area contributed by atoms with Crippen LogP contribution < -0.4 is 16.0 Å². The Hall–Kier alpha value is -2.52. The standard InChI is InChI=1S/C58H112N6O25S/c59-64-61-6-8-68-10-12-70-14-16-72-18-20-74-22-24-76-26-28-78-30-32-80-34-36-82-38-40-84-42-44-86-46-48-88-50-52-89-51-49-87-47-45-85-43-41-83-39-37-81-35-33-79-31-29-77-27-25-75-23-21-73-19-17-71-15-13-69-11-9-67-7-5-60-56(65)4-2-1-3-55-57-54(53-90-55)62-58(66)63-57/h54-55,57H,1-53H2,(H,60,65)(H2,62,63,66)/t54-,55-,57-/m0/s1. The minimum Gasteiger partial charge on any atom is -0.379 e. The largest absolute Gasteiger partial charge is 0.379 e. The molecule has 3 amide bonds. The van der Waals surface area contributed by atoms with Crippen molar-refractivity contribution in [3.63, 3.8) is 0 Å². The number of carbonyl (C=O) groups excluding carboxylic acids is 2. The molecule has 32 heteroatoms. The summed E-state index contributed by atoms with van der Waals surface area (Å²) in [6.45, 7) is 22.6. The summed E-state index contributed by atoms with van der Waals surface area (Å²) in [4.78, 5) is 26.3. The summed E-state index contributed by atoms with van der Waals surface area (Å²) in [5.74, 6) is 0.989. The Morgan fingerprint density at radius 3 is 0.878 bits per heavy atom. The minimum atomic E-state index is -0.0656. The van der Waals surface area contributed by atoms with Gasteiger partial charge in [-0.2, -0.15) is 11.8 Å². The highest BCUT2D eigenvalue weighted by molar-refractivity contribution is 8.00. The minimum absolute atomic E-state index is 0.0368. The van der Waals surface area contributed by atoms with E-state index >= 15 is 0 Å². The molecule has 0 spiro atoms. The van der Waals surface area contributed by atoms with Crippen LogP contribution in [0.2, 0.25) is 0 Å². The molecule has 31 nitrogen and oxygen atoms in total. The van der Waals surface area contributed by atoms with E-state index in [4.69, 9.17) is 114 Å². The Morgan fingerprint density at radius 1 is 0.378 bits per heavy atom. The Bertz CT molecular complexity index is 1570. The van der Waals surface area contributed by atoms with E-state index in [1.54, 1.807) is 0 Å². The molecular formula is C58H112N6O25S. The molecule has 2 aliphatic rings. The quantitative estimate of drug-likeness (QED) is 0.0255. The fourth-order valence-electron chi connectivity index (χ4n) is 7.72. The van der Waals surface area contributed by atoms with Crippen LogP contribution in [-0.2, 0) is 114 Å². The van der Waals surface area contributed by atoms with E-state index in [0.717, 1.165) is 25.0 Å². The fourth-order valence-corrected chi connectivity index (χ4v) is 9.26. The molecule has 0 aromatic carbocycles. The van der Waals surface area contributed by atoms with Gasteiger partial charge in [-0.3, -0.25) is 4.79 Å². The number of unbranched alkanes of at least 4 members (excludes halogenated alkanes) is 1. The number of ether oxygens (including phenoxy) is 23. The molecule has 0 bridgehead atoms. The van der Waals surface area contributed by atoms with Crippen LogP contribution in [0.25, 0.3) is 10.4 Å². The Balaban J connectivity index is 1.09. The first-order valence-corrected chi connectivity index (χ1v) is 33.0. The van der Waals surface area contributed by atoms with E-state index in [9.17, 15) is 9.59 Å². The van der Waals surface area contributed by atoms with Crippen LogP contribution in [0.3, 0.4) is 0 Å². The molecule has 0 aliphatic carbocycles. The van der Waals surface area contributed by atoms with Crippen molar-refractivity contribution in [3.05, 3.63) is 10.4 Å². The molecule has 2 fully saturated rings. The lowest BCUT2D eigenvalue weighted by Crippen LogP contribution is -2.36. The van der Waals surface area contributed by atoms with Crippen molar-refractivity contribution in [2.45, 2.75) is 43.0 Å². The van der Waals surface area contributed by atoms with Gasteiger partial charge in [-0.15, -0.1) is 0 Å². The highest BCUT2D eigenvalue weighted by Gasteiger charge is 2.42. The van der Waals surface area contributed by atoms with Crippen molar-refractivity contribution in [2.24, 2.45) is 5.11 Å². The summed E-state index contributed by atoms with van der Waals surface area (Å²) < 4.78 is 126. The molecule has 3 atom stereocenters. The summed E-state index contributed by atoms with van der Waals surface area (Å²) in [6, 6.07) is 0.385. The lowest BCUT2D eigenvalue weighted by atomic mass is 10.0. The average Bonchev–Trinajstić information content (AvgIpc) is 1.77. The summed E-state index contributed by atoms with van der Waals surface area (Å²) in [5, 5.41) is 12.7. The van der Waals surface area contributed by atoms with Gasteiger partial charge in [0, 0.05) is 35.4 Å². The Labute approximate surface area is 537 Å². The molecule has 0 saturated carbocycles. The normalized spacial score (nSPS) is 15.4. The Kier molecular flexibility index (Phi) is 65.7. The summed E-state index contributed by atoms with van der Waals surface area (Å²) in [6.07, 6.45) is 3.31. The van der Waals surface area contributed by atoms with Crippen molar-refractivity contribution >= 4 is 23.7 Å². The van der Waals surface area contributed by atoms with Crippen LogP contribution in [0.5, 0.6) is 0 Å². The molecule has 2 saturated heterocycles. The van der Waals surface area contributed by atoms with Gasteiger partial charge >= 0.3 is 6.03 Å². The zero-order valence-electron chi connectivity index (χ0n) is 53.7. The lowest BCUT2D eigenvalue weighted by molar-refractivity contribution is -0.121. The van der Waals surface area contributed by atoms with Crippen LogP contribution in [0, 0.1) is 0 Å². The van der Waals surface area contributed by atoms with Gasteiger partial charge in [0.2, 0.25) is 5.91 Å². The maximum atomic E-state index is 12.1. The molecule has 0 unspecified atom stereocenters. The number of fused-ring (bicyclic) bond motifs is 1. The van der Waals surface area contributed by atoms with Gasteiger partial charge in [-0.25, -0.2) is 4.79 Å². The third kappa shape index (κ3) is 60.4. The van der Waals surface area contributed by atoms with E-state index in [2.05, 4.69) is 26.0 Å². The van der Waals surface area contributed by atoms with Crippen LogP contribution in [-0.4, -0.2) is 352 Å². The zero-order valence-corrected chi connectivity index (χ0v) is 54.5. The zero-order chi connectivity index (χ0) is 63.9. The van der Waals surface area contributed by atoms with E-state index in [1.165, 1.54) is 0 Å². The first-order valence-electron chi connectivity index (χ1n) is 31.9. The molecule has 2 rings (SSSR count). The molecule has 2 heterocycles. The maximum absolute atomic E-state index is 12.1. The second-order valence-electron chi connectivity index (χ2n) is 19.3.